The first-order valence-corrected chi connectivity index (χ1v) is 12.3. The number of imidazole rings is 1. The van der Waals surface area contributed by atoms with E-state index in [0.717, 1.165) is 28.3 Å². The first-order valence-electron chi connectivity index (χ1n) is 12.3. The van der Waals surface area contributed by atoms with Crippen LogP contribution in [0.15, 0.2) is 72.8 Å². The molecule has 1 atom stereocenters. The number of aromatic nitrogens is 2. The smallest absolute Gasteiger partial charge is 0.227 e. The Bertz CT molecular complexity index is 1330. The standard InChI is InChI=1S/C30H33N3O2/c1-21-9-13-24(14-10-21)33-20-22(19-28(33)34)29-31-26-7-5-6-8-27(26)32(29)17-18-35-25-15-11-23(12-16-25)30(2,3)4/h5-16,22H,17-20H2,1-4H3. The van der Waals surface area contributed by atoms with E-state index in [2.05, 4.69) is 62.6 Å². The Morgan fingerprint density at radius 1 is 0.971 bits per heavy atom. The van der Waals surface area contributed by atoms with Crippen LogP contribution in [-0.4, -0.2) is 28.6 Å². The number of rotatable bonds is 6. The van der Waals surface area contributed by atoms with Crippen LogP contribution >= 0.6 is 0 Å². The Morgan fingerprint density at radius 3 is 2.40 bits per heavy atom. The fourth-order valence-corrected chi connectivity index (χ4v) is 4.80. The molecule has 3 aromatic carbocycles. The summed E-state index contributed by atoms with van der Waals surface area (Å²) in [6.45, 7) is 10.5. The zero-order valence-corrected chi connectivity index (χ0v) is 21.0. The van der Waals surface area contributed by atoms with Crippen molar-refractivity contribution in [3.05, 3.63) is 89.7 Å². The van der Waals surface area contributed by atoms with Crippen LogP contribution in [0.5, 0.6) is 5.75 Å². The molecule has 5 heteroatoms. The predicted octanol–water partition coefficient (Wildman–Crippen LogP) is 6.24. The Labute approximate surface area is 207 Å². The average Bonchev–Trinajstić information content (AvgIpc) is 3.40. The Kier molecular flexibility index (Phi) is 6.10. The van der Waals surface area contributed by atoms with E-state index in [1.165, 1.54) is 11.1 Å². The summed E-state index contributed by atoms with van der Waals surface area (Å²) >= 11 is 0. The number of aryl methyl sites for hydroxylation is 1. The maximum Gasteiger partial charge on any atom is 0.227 e. The van der Waals surface area contributed by atoms with Gasteiger partial charge in [-0.3, -0.25) is 4.79 Å². The van der Waals surface area contributed by atoms with Crippen molar-refractivity contribution in [1.82, 2.24) is 9.55 Å². The van der Waals surface area contributed by atoms with Crippen molar-refractivity contribution in [2.75, 3.05) is 18.1 Å². The number of benzene rings is 3. The SMILES string of the molecule is Cc1ccc(N2CC(c3nc4ccccc4n3CCOc3ccc(C(C)(C)C)cc3)CC2=O)cc1. The number of amides is 1. The maximum atomic E-state index is 12.9. The average molecular weight is 468 g/mol. The lowest BCUT2D eigenvalue weighted by Gasteiger charge is -2.19. The molecule has 5 rings (SSSR count). The molecule has 0 bridgehead atoms. The molecule has 1 unspecified atom stereocenters. The van der Waals surface area contributed by atoms with E-state index in [0.29, 0.717) is 26.1 Å². The second-order valence-electron chi connectivity index (χ2n) is 10.5. The van der Waals surface area contributed by atoms with E-state index < -0.39 is 0 Å². The van der Waals surface area contributed by atoms with Crippen LogP contribution in [0.1, 0.15) is 50.1 Å². The molecule has 0 saturated carbocycles. The minimum absolute atomic E-state index is 0.0438. The number of carbonyl (C=O) groups is 1. The summed E-state index contributed by atoms with van der Waals surface area (Å²) < 4.78 is 8.34. The van der Waals surface area contributed by atoms with Gasteiger partial charge in [0.15, 0.2) is 0 Å². The van der Waals surface area contributed by atoms with E-state index in [-0.39, 0.29) is 17.2 Å². The van der Waals surface area contributed by atoms with Gasteiger partial charge in [-0.15, -0.1) is 0 Å². The van der Waals surface area contributed by atoms with Crippen molar-refractivity contribution >= 4 is 22.6 Å². The van der Waals surface area contributed by atoms with Crippen LogP contribution in [0.3, 0.4) is 0 Å². The topological polar surface area (TPSA) is 47.4 Å². The number of carbonyl (C=O) groups excluding carboxylic acids is 1. The van der Waals surface area contributed by atoms with Crippen LogP contribution in [0.2, 0.25) is 0 Å². The summed E-state index contributed by atoms with van der Waals surface area (Å²) in [4.78, 5) is 19.8. The number of hydrogen-bond acceptors (Lipinski definition) is 3. The molecule has 2 heterocycles. The second-order valence-corrected chi connectivity index (χ2v) is 10.5. The molecule has 4 aromatic rings. The monoisotopic (exact) mass is 467 g/mol. The molecule has 35 heavy (non-hydrogen) atoms. The summed E-state index contributed by atoms with van der Waals surface area (Å²) in [5, 5.41) is 0. The zero-order chi connectivity index (χ0) is 24.6. The number of nitrogens with zero attached hydrogens (tertiary/aromatic N) is 3. The van der Waals surface area contributed by atoms with Crippen molar-refractivity contribution in [2.24, 2.45) is 0 Å². The molecule has 1 aliphatic rings. The van der Waals surface area contributed by atoms with Gasteiger partial charge in [0.2, 0.25) is 5.91 Å². The maximum absolute atomic E-state index is 12.9. The van der Waals surface area contributed by atoms with Crippen molar-refractivity contribution < 1.29 is 9.53 Å². The van der Waals surface area contributed by atoms with Gasteiger partial charge >= 0.3 is 0 Å². The fourth-order valence-electron chi connectivity index (χ4n) is 4.80. The number of para-hydroxylation sites is 2. The first kappa shape index (κ1) is 23.2. The highest BCUT2D eigenvalue weighted by Gasteiger charge is 2.34. The normalized spacial score (nSPS) is 16.3. The highest BCUT2D eigenvalue weighted by Crippen LogP contribution is 2.33. The summed E-state index contributed by atoms with van der Waals surface area (Å²) in [6, 6.07) is 24.7. The lowest BCUT2D eigenvalue weighted by Crippen LogP contribution is -2.24. The molecule has 0 N–H and O–H groups in total. The van der Waals surface area contributed by atoms with E-state index in [1.807, 2.05) is 47.4 Å². The molecular formula is C30H33N3O2. The van der Waals surface area contributed by atoms with Crippen LogP contribution in [0, 0.1) is 6.92 Å². The Hall–Kier alpha value is -3.60. The van der Waals surface area contributed by atoms with Crippen molar-refractivity contribution in [3.8, 4) is 5.75 Å². The highest BCUT2D eigenvalue weighted by atomic mass is 16.5. The van der Waals surface area contributed by atoms with Crippen molar-refractivity contribution in [3.63, 3.8) is 0 Å². The predicted molar refractivity (Wildman–Crippen MR) is 141 cm³/mol. The largest absolute Gasteiger partial charge is 0.492 e. The number of ether oxygens (including phenoxy) is 1. The fraction of sp³-hybridized carbons (Fsp3) is 0.333. The van der Waals surface area contributed by atoms with Gasteiger partial charge in [-0.25, -0.2) is 4.98 Å². The van der Waals surface area contributed by atoms with E-state index >= 15 is 0 Å². The van der Waals surface area contributed by atoms with Gasteiger partial charge in [0, 0.05) is 24.6 Å². The molecule has 0 radical (unpaired) electrons. The van der Waals surface area contributed by atoms with E-state index in [1.54, 1.807) is 0 Å². The third kappa shape index (κ3) is 4.81. The minimum Gasteiger partial charge on any atom is -0.492 e. The van der Waals surface area contributed by atoms with Crippen LogP contribution < -0.4 is 9.64 Å². The van der Waals surface area contributed by atoms with E-state index in [9.17, 15) is 4.79 Å². The lowest BCUT2D eigenvalue weighted by molar-refractivity contribution is -0.117. The van der Waals surface area contributed by atoms with Gasteiger partial charge in [0.1, 0.15) is 18.2 Å². The summed E-state index contributed by atoms with van der Waals surface area (Å²) in [7, 11) is 0. The molecule has 1 amide bonds. The molecule has 0 spiro atoms. The Morgan fingerprint density at radius 2 is 1.69 bits per heavy atom. The molecule has 1 aliphatic heterocycles. The molecule has 180 valence electrons. The Balaban J connectivity index is 1.35. The second kappa shape index (κ2) is 9.21. The zero-order valence-electron chi connectivity index (χ0n) is 21.0. The van der Waals surface area contributed by atoms with Crippen LogP contribution in [0.25, 0.3) is 11.0 Å². The highest BCUT2D eigenvalue weighted by molar-refractivity contribution is 5.96. The van der Waals surface area contributed by atoms with Gasteiger partial charge in [-0.2, -0.15) is 0 Å². The lowest BCUT2D eigenvalue weighted by atomic mass is 9.87. The third-order valence-corrected chi connectivity index (χ3v) is 6.82. The minimum atomic E-state index is 0.0438. The molecular weight excluding hydrogens is 434 g/mol. The molecule has 1 aromatic heterocycles. The molecule has 5 nitrogen and oxygen atoms in total. The molecule has 1 saturated heterocycles. The van der Waals surface area contributed by atoms with E-state index in [4.69, 9.17) is 9.72 Å². The van der Waals surface area contributed by atoms with Gasteiger partial charge < -0.3 is 14.2 Å². The summed E-state index contributed by atoms with van der Waals surface area (Å²) in [5.74, 6) is 2.02. The van der Waals surface area contributed by atoms with Crippen molar-refractivity contribution in [2.45, 2.75) is 52.0 Å². The quantitative estimate of drug-likeness (QED) is 0.337. The van der Waals surface area contributed by atoms with Crippen molar-refractivity contribution in [1.29, 1.82) is 0 Å². The number of anilines is 1. The van der Waals surface area contributed by atoms with Gasteiger partial charge in [-0.05, 0) is 54.3 Å². The summed E-state index contributed by atoms with van der Waals surface area (Å²) in [5.41, 5.74) is 5.58. The van der Waals surface area contributed by atoms with Gasteiger partial charge in [0.05, 0.1) is 17.6 Å². The molecule has 1 fully saturated rings. The summed E-state index contributed by atoms with van der Waals surface area (Å²) in [6.07, 6.45) is 0.465. The van der Waals surface area contributed by atoms with Crippen LogP contribution in [-0.2, 0) is 16.8 Å². The first-order chi connectivity index (χ1) is 16.8. The number of fused-ring (bicyclic) bond motifs is 1. The van der Waals surface area contributed by atoms with Gasteiger partial charge in [0.25, 0.3) is 0 Å². The molecule has 0 aliphatic carbocycles. The van der Waals surface area contributed by atoms with Crippen LogP contribution in [0.4, 0.5) is 5.69 Å². The number of hydrogen-bond donors (Lipinski definition) is 0. The third-order valence-electron chi connectivity index (χ3n) is 6.82. The van der Waals surface area contributed by atoms with Gasteiger partial charge in [-0.1, -0.05) is 62.7 Å².